The van der Waals surface area contributed by atoms with Crippen molar-refractivity contribution in [3.8, 4) is 0 Å². The number of aromatic nitrogens is 2. The summed E-state index contributed by atoms with van der Waals surface area (Å²) in [7, 11) is 0. The van der Waals surface area contributed by atoms with E-state index in [1.54, 1.807) is 23.2 Å². The molecule has 0 fully saturated rings. The Bertz CT molecular complexity index is 414. The molecule has 0 N–H and O–H groups in total. The smallest absolute Gasteiger partial charge is 0.734 e. The fraction of sp³-hybridized carbons (Fsp3) is 0. The molecule has 0 bridgehead atoms. The molecule has 1 radical (unpaired) electrons. The molecule has 0 atom stereocenters. The van der Waals surface area contributed by atoms with Gasteiger partial charge in [0.25, 0.3) is 0 Å². The molecule has 0 aliphatic carbocycles. The summed E-state index contributed by atoms with van der Waals surface area (Å²) in [5.74, 6) is 0. The number of hydrogen-bond acceptors (Lipinski definition) is 8. The van der Waals surface area contributed by atoms with E-state index in [1.165, 1.54) is 22.7 Å². The van der Waals surface area contributed by atoms with Gasteiger partial charge >= 0.3 is 17.1 Å². The van der Waals surface area contributed by atoms with Gasteiger partial charge in [0.2, 0.25) is 0 Å². The van der Waals surface area contributed by atoms with Gasteiger partial charge in [-0.3, -0.25) is 0 Å². The number of hydrogen-bond donors (Lipinski definition) is 0. The molecule has 2 rings (SSSR count). The number of carbonyl (C=O) groups excluding carboxylic acids is 2. The molecule has 0 amide bonds. The minimum atomic E-state index is -0.375. The predicted molar refractivity (Wildman–Crippen MR) is 67.6 cm³/mol. The van der Waals surface area contributed by atoms with E-state index in [-0.39, 0.29) is 27.3 Å². The second kappa shape index (κ2) is 8.62. The largest absolute Gasteiger partial charge is 2.00 e. The van der Waals surface area contributed by atoms with Crippen LogP contribution in [0.2, 0.25) is 0 Å². The average Bonchev–Trinajstić information content (AvgIpc) is 2.93. The van der Waals surface area contributed by atoms with Crippen LogP contribution in [0.4, 0.5) is 0 Å². The van der Waals surface area contributed by atoms with Crippen LogP contribution in [0.25, 0.3) is 0 Å². The van der Waals surface area contributed by atoms with Crippen LogP contribution in [0.5, 0.6) is 0 Å². The van der Waals surface area contributed by atoms with Gasteiger partial charge in [-0.25, -0.2) is 9.97 Å². The topological polar surface area (TPSA) is 59.9 Å². The van der Waals surface area contributed by atoms with Gasteiger partial charge in [-0.2, -0.15) is 0 Å². The van der Waals surface area contributed by atoms with Crippen LogP contribution in [-0.4, -0.2) is 20.2 Å². The standard InChI is InChI=1S/2C4H3NOS2.Cu/c2*6-4(7)3-5-1-2-8-3;/h2*1-2H,(H,6,7);/q;;+2/p-2. The zero-order valence-corrected chi connectivity index (χ0v) is 12.2. The van der Waals surface area contributed by atoms with E-state index in [4.69, 9.17) is 0 Å². The van der Waals surface area contributed by atoms with Gasteiger partial charge < -0.3 is 34.8 Å². The first kappa shape index (κ1) is 16.6. The molecule has 0 saturated carbocycles. The van der Waals surface area contributed by atoms with Gasteiger partial charge in [-0.15, -0.1) is 22.7 Å². The van der Waals surface area contributed by atoms with Crippen LogP contribution in [0.3, 0.4) is 0 Å². The summed E-state index contributed by atoms with van der Waals surface area (Å²) < 4.78 is 0. The fourth-order valence-corrected chi connectivity index (χ4v) is 1.98. The Morgan fingerprint density at radius 3 is 1.41 bits per heavy atom. The Morgan fingerprint density at radius 2 is 1.29 bits per heavy atom. The Morgan fingerprint density at radius 1 is 0.941 bits per heavy atom. The second-order valence-electron chi connectivity index (χ2n) is 2.25. The quantitative estimate of drug-likeness (QED) is 0.605. The minimum Gasteiger partial charge on any atom is -0.734 e. The van der Waals surface area contributed by atoms with Crippen LogP contribution in [0.15, 0.2) is 23.2 Å². The zero-order valence-electron chi connectivity index (χ0n) is 7.95. The van der Waals surface area contributed by atoms with E-state index in [2.05, 4.69) is 35.2 Å². The van der Waals surface area contributed by atoms with Crippen LogP contribution >= 0.6 is 22.7 Å². The van der Waals surface area contributed by atoms with Crippen molar-refractivity contribution in [2.45, 2.75) is 0 Å². The molecule has 4 nitrogen and oxygen atoms in total. The van der Waals surface area contributed by atoms with Crippen molar-refractivity contribution in [2.24, 2.45) is 0 Å². The molecule has 0 aliphatic rings. The fourth-order valence-electron chi connectivity index (χ4n) is 0.649. The number of rotatable bonds is 2. The molecule has 17 heavy (non-hydrogen) atoms. The summed E-state index contributed by atoms with van der Waals surface area (Å²) in [6, 6.07) is 0. The number of carbonyl (C=O) groups is 2. The van der Waals surface area contributed by atoms with Crippen molar-refractivity contribution < 1.29 is 26.7 Å². The molecule has 0 aromatic carbocycles. The molecule has 2 heterocycles. The average molecular weight is 352 g/mol. The van der Waals surface area contributed by atoms with E-state index in [0.717, 1.165) is 0 Å². The van der Waals surface area contributed by atoms with Gasteiger partial charge in [0.15, 0.2) is 0 Å². The van der Waals surface area contributed by atoms with Crippen LogP contribution in [0, 0.1) is 0 Å². The summed E-state index contributed by atoms with van der Waals surface area (Å²) in [6.07, 6.45) is 3.12. The molecule has 0 saturated heterocycles. The molecule has 0 spiro atoms. The van der Waals surface area contributed by atoms with E-state index in [1.807, 2.05) is 0 Å². The van der Waals surface area contributed by atoms with Crippen LogP contribution in [-0.2, 0) is 42.3 Å². The normalized spacial score (nSPS) is 8.47. The summed E-state index contributed by atoms with van der Waals surface area (Å²) >= 11 is 11.1. The molecule has 0 aliphatic heterocycles. The van der Waals surface area contributed by atoms with Crippen LogP contribution in [0.1, 0.15) is 19.6 Å². The molecule has 9 heteroatoms. The van der Waals surface area contributed by atoms with Crippen molar-refractivity contribution in [1.82, 2.24) is 9.97 Å². The Labute approximate surface area is 127 Å². The molecule has 2 aromatic rings. The van der Waals surface area contributed by atoms with Crippen molar-refractivity contribution in [3.63, 3.8) is 0 Å². The Hall–Kier alpha value is -0.441. The Kier molecular flexibility index (Phi) is 8.40. The van der Waals surface area contributed by atoms with E-state index in [9.17, 15) is 9.59 Å². The number of nitrogens with zero attached hydrogens (tertiary/aromatic N) is 2. The van der Waals surface area contributed by atoms with Crippen molar-refractivity contribution in [2.75, 3.05) is 0 Å². The maximum absolute atomic E-state index is 10.3. The number of thiazole rings is 2. The summed E-state index contributed by atoms with van der Waals surface area (Å²) in [5, 5.41) is 3.50. The maximum Gasteiger partial charge on any atom is 2.00 e. The molecule has 0 unspecified atom stereocenters. The van der Waals surface area contributed by atoms with Crippen LogP contribution < -0.4 is 0 Å². The van der Waals surface area contributed by atoms with Gasteiger partial charge in [-0.1, -0.05) is 0 Å². The predicted octanol–water partition coefficient (Wildman–Crippen LogP) is 1.66. The monoisotopic (exact) mass is 351 g/mol. The first-order chi connectivity index (χ1) is 7.61. The van der Waals surface area contributed by atoms with E-state index >= 15 is 0 Å². The third-order valence-electron chi connectivity index (χ3n) is 1.21. The summed E-state index contributed by atoms with van der Waals surface area (Å²) in [6.45, 7) is 0. The van der Waals surface area contributed by atoms with Crippen molar-refractivity contribution >= 4 is 58.2 Å². The third-order valence-corrected chi connectivity index (χ3v) is 3.40. The molecular formula is C8H4CuN2O2S4. The van der Waals surface area contributed by atoms with Crippen molar-refractivity contribution in [3.05, 3.63) is 33.2 Å². The molecular weight excluding hydrogens is 348 g/mol. The Balaban J connectivity index is 0.000000284. The maximum atomic E-state index is 10.3. The first-order valence-electron chi connectivity index (χ1n) is 3.83. The minimum absolute atomic E-state index is 0. The second-order valence-corrected chi connectivity index (χ2v) is 4.78. The molecule has 2 aromatic heterocycles. The first-order valence-corrected chi connectivity index (χ1v) is 6.40. The third kappa shape index (κ3) is 6.15. The van der Waals surface area contributed by atoms with Gasteiger partial charge in [0.1, 0.15) is 10.0 Å². The SMILES string of the molecule is O=C([S-])c1nccs1.O=C([S-])c1nccs1.[Cu+2]. The van der Waals surface area contributed by atoms with Gasteiger partial charge in [0, 0.05) is 23.2 Å². The van der Waals surface area contributed by atoms with Crippen molar-refractivity contribution in [1.29, 1.82) is 0 Å². The summed E-state index contributed by atoms with van der Waals surface area (Å²) in [4.78, 5) is 27.9. The van der Waals surface area contributed by atoms with E-state index in [0.29, 0.717) is 10.0 Å². The molecule has 93 valence electrons. The van der Waals surface area contributed by atoms with E-state index < -0.39 is 0 Å². The van der Waals surface area contributed by atoms with Gasteiger partial charge in [0.05, 0.1) is 10.2 Å². The zero-order chi connectivity index (χ0) is 12.0. The summed E-state index contributed by atoms with van der Waals surface area (Å²) in [5.41, 5.74) is 0. The van der Waals surface area contributed by atoms with Gasteiger partial charge in [-0.05, 0) is 0 Å².